The van der Waals surface area contributed by atoms with E-state index < -0.39 is 5.79 Å². The second-order valence-electron chi connectivity index (χ2n) is 27.8. The summed E-state index contributed by atoms with van der Waals surface area (Å²) in [5.41, 5.74) is 16.4. The van der Waals surface area contributed by atoms with Crippen molar-refractivity contribution in [1.29, 1.82) is 0 Å². The maximum Gasteiger partial charge on any atom is 0.252 e. The third-order valence-corrected chi connectivity index (χ3v) is 19.0. The molecule has 2 atom stereocenters. The van der Waals surface area contributed by atoms with Gasteiger partial charge in [0, 0.05) is 71.3 Å². The molecule has 0 bridgehead atoms. The van der Waals surface area contributed by atoms with Crippen molar-refractivity contribution < 1.29 is 52.1 Å². The lowest BCUT2D eigenvalue weighted by atomic mass is 9.69. The zero-order valence-electron chi connectivity index (χ0n) is 59.7. The van der Waals surface area contributed by atoms with Gasteiger partial charge >= 0.3 is 0 Å². The van der Waals surface area contributed by atoms with Crippen molar-refractivity contribution in [2.45, 2.75) is 134 Å². The molecule has 0 amide bonds. The van der Waals surface area contributed by atoms with Crippen LogP contribution in [0.2, 0.25) is 0 Å². The summed E-state index contributed by atoms with van der Waals surface area (Å²) in [7, 11) is 0. The van der Waals surface area contributed by atoms with Crippen LogP contribution in [0.3, 0.4) is 0 Å². The van der Waals surface area contributed by atoms with E-state index in [0.717, 1.165) is 85.5 Å². The van der Waals surface area contributed by atoms with Gasteiger partial charge in [0.05, 0.1) is 56.4 Å². The van der Waals surface area contributed by atoms with Crippen molar-refractivity contribution in [3.63, 3.8) is 0 Å². The number of fused-ring (bicyclic) bond motifs is 6. The third kappa shape index (κ3) is 14.9. The Hall–Kier alpha value is -11.0. The SMILES string of the molecule is C=COc1cc2c(cc1OC=C)C(C)(C)CC1(CC(C)(C)c3cc(C=C)c(C=C)cc3O1)O2.C=COc1cc2c(cc1OC=C)C1(CC(C)(C)c3cc(C=C)c(C=C)cc31)CC2(C)C.C=COc1ccc(Cc2cc(C)cc(Cc3ccc(OC=C)cc3OC=C)c2OC=C)c(OC=C)c1. The first kappa shape index (κ1) is 73.2. The lowest BCUT2D eigenvalue weighted by molar-refractivity contribution is -0.166. The van der Waals surface area contributed by atoms with Crippen LogP contribution in [0.4, 0.5) is 0 Å². The van der Waals surface area contributed by atoms with Gasteiger partial charge in [-0.1, -0.05) is 201 Å². The molecular formula is C89H94O11. The van der Waals surface area contributed by atoms with Crippen molar-refractivity contribution in [1.82, 2.24) is 0 Å². The molecule has 7 aromatic rings. The number of hydrogen-bond donors (Lipinski definition) is 0. The zero-order chi connectivity index (χ0) is 72.5. The van der Waals surface area contributed by atoms with E-state index in [1.807, 2.05) is 66.8 Å². The van der Waals surface area contributed by atoms with Crippen molar-refractivity contribution in [2.24, 2.45) is 0 Å². The van der Waals surface area contributed by atoms with E-state index in [-0.39, 0.29) is 27.1 Å². The summed E-state index contributed by atoms with van der Waals surface area (Å²) in [4.78, 5) is 0. The molecule has 2 aliphatic heterocycles. The summed E-state index contributed by atoms with van der Waals surface area (Å²) in [6.07, 6.45) is 24.7. The minimum Gasteiger partial charge on any atom is -0.465 e. The van der Waals surface area contributed by atoms with Gasteiger partial charge in [0.15, 0.2) is 23.0 Å². The quantitative estimate of drug-likeness (QED) is 0.0485. The van der Waals surface area contributed by atoms with Crippen molar-refractivity contribution >= 4 is 24.3 Å². The van der Waals surface area contributed by atoms with Gasteiger partial charge in [0.25, 0.3) is 5.79 Å². The predicted octanol–water partition coefficient (Wildman–Crippen LogP) is 23.0. The largest absolute Gasteiger partial charge is 0.465 e. The topological polar surface area (TPSA) is 102 Å². The van der Waals surface area contributed by atoms with Gasteiger partial charge in [-0.2, -0.15) is 0 Å². The fourth-order valence-electron chi connectivity index (χ4n) is 15.3. The minimum atomic E-state index is -0.826. The first-order valence-electron chi connectivity index (χ1n) is 33.2. The molecule has 100 heavy (non-hydrogen) atoms. The van der Waals surface area contributed by atoms with Gasteiger partial charge in [0.1, 0.15) is 40.2 Å². The van der Waals surface area contributed by atoms with Crippen molar-refractivity contribution in [3.05, 3.63) is 322 Å². The highest BCUT2D eigenvalue weighted by Gasteiger charge is 2.57. The molecule has 0 saturated heterocycles. The number of rotatable bonds is 26. The third-order valence-electron chi connectivity index (χ3n) is 19.0. The molecule has 11 nitrogen and oxygen atoms in total. The van der Waals surface area contributed by atoms with E-state index in [1.165, 1.54) is 78.6 Å². The summed E-state index contributed by atoms with van der Waals surface area (Å²) in [6, 6.07) is 32.4. The summed E-state index contributed by atoms with van der Waals surface area (Å²) >= 11 is 0. The fourth-order valence-corrected chi connectivity index (χ4v) is 15.3. The molecule has 4 aliphatic rings. The molecule has 0 N–H and O–H groups in total. The van der Waals surface area contributed by atoms with E-state index >= 15 is 0 Å². The van der Waals surface area contributed by atoms with Crippen LogP contribution in [0.15, 0.2) is 239 Å². The van der Waals surface area contributed by atoms with Crippen LogP contribution in [-0.4, -0.2) is 5.79 Å². The Morgan fingerprint density at radius 2 is 0.640 bits per heavy atom. The van der Waals surface area contributed by atoms with Crippen LogP contribution in [0.5, 0.6) is 63.2 Å². The molecular weight excluding hydrogens is 1240 g/mol. The number of hydrogen-bond acceptors (Lipinski definition) is 11. The Balaban J connectivity index is 0.000000175. The Morgan fingerprint density at radius 1 is 0.320 bits per heavy atom. The first-order chi connectivity index (χ1) is 47.7. The molecule has 11 heteroatoms. The molecule has 0 fully saturated rings. The van der Waals surface area contributed by atoms with Crippen LogP contribution in [0, 0.1) is 6.92 Å². The Morgan fingerprint density at radius 3 is 1.06 bits per heavy atom. The lowest BCUT2D eigenvalue weighted by Gasteiger charge is -2.51. The Bertz CT molecular complexity index is 4340. The molecule has 2 spiro atoms. The first-order valence-corrected chi connectivity index (χ1v) is 33.2. The molecule has 2 unspecified atom stereocenters. The lowest BCUT2D eigenvalue weighted by Crippen LogP contribution is -2.55. The highest BCUT2D eigenvalue weighted by molar-refractivity contribution is 5.72. The Kier molecular flexibility index (Phi) is 21.9. The van der Waals surface area contributed by atoms with E-state index in [2.05, 4.69) is 190 Å². The molecule has 2 aliphatic carbocycles. The van der Waals surface area contributed by atoms with Gasteiger partial charge in [-0.25, -0.2) is 0 Å². The van der Waals surface area contributed by atoms with E-state index in [4.69, 9.17) is 52.1 Å². The van der Waals surface area contributed by atoms with E-state index in [0.29, 0.717) is 77.4 Å². The molecule has 516 valence electrons. The van der Waals surface area contributed by atoms with Gasteiger partial charge < -0.3 is 52.1 Å². The average Bonchev–Trinajstić information content (AvgIpc) is 1.55. The van der Waals surface area contributed by atoms with Crippen LogP contribution in [0.25, 0.3) is 24.3 Å². The van der Waals surface area contributed by atoms with Gasteiger partial charge in [-0.05, 0) is 146 Å². The van der Waals surface area contributed by atoms with Gasteiger partial charge in [-0.15, -0.1) is 0 Å². The van der Waals surface area contributed by atoms with Crippen LogP contribution >= 0.6 is 0 Å². The molecule has 0 aromatic heterocycles. The van der Waals surface area contributed by atoms with Gasteiger partial charge in [-0.3, -0.25) is 0 Å². The van der Waals surface area contributed by atoms with Crippen molar-refractivity contribution in [3.8, 4) is 63.2 Å². The monoisotopic (exact) mass is 1340 g/mol. The zero-order valence-corrected chi connectivity index (χ0v) is 59.7. The molecule has 0 saturated carbocycles. The highest BCUT2D eigenvalue weighted by atomic mass is 16.7. The normalized spacial score (nSPS) is 17.4. The molecule has 2 heterocycles. The summed E-state index contributed by atoms with van der Waals surface area (Å²) in [5.74, 6) is 6.37. The smallest absolute Gasteiger partial charge is 0.252 e. The second-order valence-corrected chi connectivity index (χ2v) is 27.8. The Labute approximate surface area is 592 Å². The van der Waals surface area contributed by atoms with E-state index in [1.54, 1.807) is 12.1 Å². The fraction of sp³-hybridized carbons (Fsp3) is 0.236. The number of benzene rings is 7. The maximum absolute atomic E-state index is 6.70. The summed E-state index contributed by atoms with van der Waals surface area (Å²) in [6.45, 7) is 69.4. The molecule has 0 radical (unpaired) electrons. The average molecular weight is 1340 g/mol. The van der Waals surface area contributed by atoms with Crippen LogP contribution in [-0.2, 0) is 39.9 Å². The predicted molar refractivity (Wildman–Crippen MR) is 409 cm³/mol. The summed E-state index contributed by atoms with van der Waals surface area (Å²) < 4.78 is 64.1. The van der Waals surface area contributed by atoms with Crippen molar-refractivity contribution in [2.75, 3.05) is 0 Å². The highest BCUT2D eigenvalue weighted by Crippen LogP contribution is 2.65. The number of aryl methyl sites for hydroxylation is 1. The van der Waals surface area contributed by atoms with Crippen LogP contribution in [0.1, 0.15) is 165 Å². The summed E-state index contributed by atoms with van der Waals surface area (Å²) in [5, 5.41) is 0. The molecule has 11 rings (SSSR count). The second kappa shape index (κ2) is 30.0. The molecule has 7 aromatic carbocycles. The minimum absolute atomic E-state index is 0.00946. The number of ether oxygens (including phenoxy) is 11. The maximum atomic E-state index is 6.70. The van der Waals surface area contributed by atoms with E-state index in [9.17, 15) is 0 Å². The van der Waals surface area contributed by atoms with Crippen LogP contribution < -0.4 is 52.1 Å². The standard InChI is InChI=1S/C31H30O5.C29H32O4.C29H32O2/c1-7-32-27-14-12-23(29(20-27)34-9-3)18-25-16-22(6)17-26(31(25)36-11-5)19-24-13-15-28(33-8-2)21-30(24)35-10-4;1-9-19-13-21-23(14-20(19)10-2)32-29(17-27(21,5)6)18-28(7,8)22-15-25(30-11-3)26(31-12-4)16-24(22)33-29;1-9-19-13-21-23(14-20(19)10-2)29(17-27(21,5)6)18-28(7,8)22-15-25(30-11-3)26(31-12-4)16-24(22)29/h7-17,20-21H,1-5,18-19H2,6H3;9-16H,1-4,17-18H2,5-8H3;9-16H,1-4,17-18H2,5-8H3. The van der Waals surface area contributed by atoms with Gasteiger partial charge in [0.2, 0.25) is 0 Å².